The van der Waals surface area contributed by atoms with E-state index in [9.17, 15) is 0 Å². The first-order valence-corrected chi connectivity index (χ1v) is 8.06. The molecule has 0 aromatic carbocycles. The zero-order valence-corrected chi connectivity index (χ0v) is 13.1. The van der Waals surface area contributed by atoms with Gasteiger partial charge in [0.15, 0.2) is 0 Å². The molecule has 110 valence electrons. The second-order valence-electron chi connectivity index (χ2n) is 5.17. The lowest BCUT2D eigenvalue weighted by Gasteiger charge is -2.17. The second-order valence-corrected chi connectivity index (χ2v) is 6.11. The molecule has 3 heterocycles. The van der Waals surface area contributed by atoms with Crippen LogP contribution in [0.1, 0.15) is 30.6 Å². The summed E-state index contributed by atoms with van der Waals surface area (Å²) in [4.78, 5) is 4.55. The van der Waals surface area contributed by atoms with Crippen LogP contribution in [0, 0.1) is 0 Å². The zero-order valence-electron chi connectivity index (χ0n) is 12.3. The van der Waals surface area contributed by atoms with Gasteiger partial charge in [-0.15, -0.1) is 16.4 Å². The summed E-state index contributed by atoms with van der Waals surface area (Å²) < 4.78 is 2.97. The van der Waals surface area contributed by atoms with Crippen molar-refractivity contribution in [3.8, 4) is 0 Å². The molecule has 6 heteroatoms. The van der Waals surface area contributed by atoms with Gasteiger partial charge in [-0.25, -0.2) is 0 Å². The summed E-state index contributed by atoms with van der Waals surface area (Å²) in [5, 5.41) is 13.9. The lowest BCUT2D eigenvalue weighted by molar-refractivity contribution is 0.523. The highest BCUT2D eigenvalue weighted by atomic mass is 32.1. The van der Waals surface area contributed by atoms with Crippen LogP contribution in [0.4, 0.5) is 0 Å². The van der Waals surface area contributed by atoms with Crippen LogP contribution in [0.25, 0.3) is 10.2 Å². The van der Waals surface area contributed by atoms with Gasteiger partial charge in [0.05, 0.1) is 15.9 Å². The number of rotatable bonds is 6. The number of fused-ring (bicyclic) bond motifs is 1. The van der Waals surface area contributed by atoms with Gasteiger partial charge in [-0.1, -0.05) is 12.1 Å². The number of hydrogen-bond donors (Lipinski definition) is 1. The van der Waals surface area contributed by atoms with Gasteiger partial charge in [0.25, 0.3) is 0 Å². The van der Waals surface area contributed by atoms with Crippen LogP contribution in [0.2, 0.25) is 0 Å². The minimum atomic E-state index is 0.223. The number of nitrogens with zero attached hydrogens (tertiary/aromatic N) is 4. The zero-order chi connectivity index (χ0) is 14.7. The molecule has 1 N–H and O–H groups in total. The van der Waals surface area contributed by atoms with E-state index in [-0.39, 0.29) is 6.04 Å². The first kappa shape index (κ1) is 14.2. The van der Waals surface area contributed by atoms with Crippen LogP contribution in [0.5, 0.6) is 0 Å². The summed E-state index contributed by atoms with van der Waals surface area (Å²) in [7, 11) is 1.89. The third-order valence-corrected chi connectivity index (χ3v) is 4.28. The van der Waals surface area contributed by atoms with Gasteiger partial charge in [0, 0.05) is 31.9 Å². The molecular weight excluding hydrogens is 282 g/mol. The normalized spacial score (nSPS) is 12.9. The van der Waals surface area contributed by atoms with Gasteiger partial charge in [-0.2, -0.15) is 0 Å². The molecule has 1 unspecified atom stereocenters. The van der Waals surface area contributed by atoms with Crippen molar-refractivity contribution in [1.82, 2.24) is 25.3 Å². The summed E-state index contributed by atoms with van der Waals surface area (Å²) in [5.74, 6) is 0. The summed E-state index contributed by atoms with van der Waals surface area (Å²) >= 11 is 1.73. The van der Waals surface area contributed by atoms with Crippen molar-refractivity contribution in [3.05, 3.63) is 41.2 Å². The van der Waals surface area contributed by atoms with Crippen LogP contribution in [0.15, 0.2) is 29.9 Å². The molecule has 0 bridgehead atoms. The van der Waals surface area contributed by atoms with E-state index in [0.29, 0.717) is 0 Å². The molecule has 1 atom stereocenters. The molecule has 3 rings (SSSR count). The number of aromatic nitrogens is 4. The van der Waals surface area contributed by atoms with E-state index in [2.05, 4.69) is 45.0 Å². The molecule has 3 aromatic rings. The molecule has 0 saturated heterocycles. The molecule has 3 aromatic heterocycles. The van der Waals surface area contributed by atoms with Crippen molar-refractivity contribution in [2.24, 2.45) is 7.05 Å². The Labute approximate surface area is 128 Å². The van der Waals surface area contributed by atoms with Crippen LogP contribution in [-0.2, 0) is 13.5 Å². The van der Waals surface area contributed by atoms with Gasteiger partial charge in [-0.3, -0.25) is 9.67 Å². The minimum absolute atomic E-state index is 0.223. The van der Waals surface area contributed by atoms with E-state index < -0.39 is 0 Å². The SMILES string of the molecule is CCCNC(Cc1cn(C)nn1)c1cnc2ccsc2c1. The van der Waals surface area contributed by atoms with Crippen LogP contribution < -0.4 is 5.32 Å². The molecule has 0 saturated carbocycles. The number of pyridine rings is 1. The average molecular weight is 301 g/mol. The van der Waals surface area contributed by atoms with Crippen molar-refractivity contribution in [2.75, 3.05) is 6.54 Å². The van der Waals surface area contributed by atoms with Gasteiger partial charge < -0.3 is 5.32 Å². The topological polar surface area (TPSA) is 55.6 Å². The Balaban J connectivity index is 1.86. The molecule has 0 aliphatic rings. The van der Waals surface area contributed by atoms with Gasteiger partial charge >= 0.3 is 0 Å². The fraction of sp³-hybridized carbons (Fsp3) is 0.400. The van der Waals surface area contributed by atoms with Crippen molar-refractivity contribution < 1.29 is 0 Å². The maximum absolute atomic E-state index is 4.55. The third kappa shape index (κ3) is 3.28. The maximum Gasteiger partial charge on any atom is 0.0845 e. The number of aryl methyl sites for hydroxylation is 1. The molecule has 0 amide bonds. The number of nitrogens with one attached hydrogen (secondary N) is 1. The highest BCUT2D eigenvalue weighted by Gasteiger charge is 2.15. The Morgan fingerprint density at radius 2 is 2.33 bits per heavy atom. The molecule has 0 aliphatic carbocycles. The van der Waals surface area contributed by atoms with Crippen molar-refractivity contribution in [1.29, 1.82) is 0 Å². The Hall–Kier alpha value is -1.79. The third-order valence-electron chi connectivity index (χ3n) is 3.43. The molecular formula is C15H19N5S. The number of thiophene rings is 1. The molecule has 5 nitrogen and oxygen atoms in total. The van der Waals surface area contributed by atoms with E-state index in [1.54, 1.807) is 16.0 Å². The van der Waals surface area contributed by atoms with Gasteiger partial charge in [0.2, 0.25) is 0 Å². The largest absolute Gasteiger partial charge is 0.310 e. The van der Waals surface area contributed by atoms with Crippen LogP contribution >= 0.6 is 11.3 Å². The standard InChI is InChI=1S/C15H19N5S/c1-3-5-16-14(8-12-10-20(2)19-18-12)11-7-15-13(17-9-11)4-6-21-15/h4,6-7,9-10,14,16H,3,5,8H2,1-2H3. The van der Waals surface area contributed by atoms with E-state index in [4.69, 9.17) is 0 Å². The lowest BCUT2D eigenvalue weighted by atomic mass is 10.0. The predicted octanol–water partition coefficient (Wildman–Crippen LogP) is 2.71. The summed E-state index contributed by atoms with van der Waals surface area (Å²) in [6.45, 7) is 3.15. The lowest BCUT2D eigenvalue weighted by Crippen LogP contribution is -2.24. The Bertz CT molecular complexity index is 718. The number of hydrogen-bond acceptors (Lipinski definition) is 5. The van der Waals surface area contributed by atoms with Gasteiger partial charge in [0.1, 0.15) is 0 Å². The van der Waals surface area contributed by atoms with Crippen molar-refractivity contribution in [2.45, 2.75) is 25.8 Å². The smallest absolute Gasteiger partial charge is 0.0845 e. The van der Waals surface area contributed by atoms with E-state index in [0.717, 1.165) is 30.6 Å². The van der Waals surface area contributed by atoms with E-state index in [1.807, 2.05) is 19.4 Å². The Kier molecular flexibility index (Phi) is 4.26. The van der Waals surface area contributed by atoms with Crippen molar-refractivity contribution >= 4 is 21.6 Å². The van der Waals surface area contributed by atoms with E-state index in [1.165, 1.54) is 10.3 Å². The molecule has 0 aliphatic heterocycles. The minimum Gasteiger partial charge on any atom is -0.310 e. The quantitative estimate of drug-likeness (QED) is 0.760. The van der Waals surface area contributed by atoms with Crippen LogP contribution in [-0.4, -0.2) is 26.5 Å². The maximum atomic E-state index is 4.55. The van der Waals surface area contributed by atoms with Gasteiger partial charge in [-0.05, 0) is 36.0 Å². The molecule has 21 heavy (non-hydrogen) atoms. The summed E-state index contributed by atoms with van der Waals surface area (Å²) in [6.07, 6.45) is 5.87. The average Bonchev–Trinajstić information content (AvgIpc) is 3.11. The first-order valence-electron chi connectivity index (χ1n) is 7.18. The fourth-order valence-electron chi connectivity index (χ4n) is 2.38. The molecule has 0 spiro atoms. The van der Waals surface area contributed by atoms with Crippen molar-refractivity contribution in [3.63, 3.8) is 0 Å². The molecule has 0 fully saturated rings. The molecule has 0 radical (unpaired) electrons. The first-order chi connectivity index (χ1) is 10.3. The predicted molar refractivity (Wildman–Crippen MR) is 85.4 cm³/mol. The summed E-state index contributed by atoms with van der Waals surface area (Å²) in [5.41, 5.74) is 3.28. The monoisotopic (exact) mass is 301 g/mol. The summed E-state index contributed by atoms with van der Waals surface area (Å²) in [6, 6.07) is 4.51. The fourth-order valence-corrected chi connectivity index (χ4v) is 3.17. The Morgan fingerprint density at radius 3 is 3.10 bits per heavy atom. The Morgan fingerprint density at radius 1 is 1.43 bits per heavy atom. The highest BCUT2D eigenvalue weighted by molar-refractivity contribution is 7.17. The van der Waals surface area contributed by atoms with Crippen LogP contribution in [0.3, 0.4) is 0 Å². The second kappa shape index (κ2) is 6.32. The highest BCUT2D eigenvalue weighted by Crippen LogP contribution is 2.24. The van der Waals surface area contributed by atoms with E-state index >= 15 is 0 Å².